The Bertz CT molecular complexity index is 1440. The summed E-state index contributed by atoms with van der Waals surface area (Å²) in [6.07, 6.45) is 6.96. The number of nitrogen functional groups attached to an aromatic ring is 1. The summed E-state index contributed by atoms with van der Waals surface area (Å²) in [7, 11) is 0. The molecule has 1 saturated carbocycles. The Balaban J connectivity index is 1.35. The molecule has 0 spiro atoms. The number of thiazole rings is 1. The second-order valence-corrected chi connectivity index (χ2v) is 10.4. The third-order valence-electron chi connectivity index (χ3n) is 7.16. The van der Waals surface area contributed by atoms with Crippen LogP contribution in [0.25, 0.3) is 27.2 Å². The number of nitrogens with zero attached hydrogens (tertiary/aromatic N) is 6. The molecule has 1 aromatic carbocycles. The molecule has 10 heteroatoms. The van der Waals surface area contributed by atoms with Gasteiger partial charge in [0.05, 0.1) is 16.1 Å². The molecular formula is C26H27N7O2S. The number of carbonyl (C=O) groups excluding carboxylic acids is 2. The number of amides is 2. The van der Waals surface area contributed by atoms with Crippen molar-refractivity contribution in [3.8, 4) is 21.7 Å². The summed E-state index contributed by atoms with van der Waals surface area (Å²) in [4.78, 5) is 38.9. The highest BCUT2D eigenvalue weighted by molar-refractivity contribution is 7.13. The van der Waals surface area contributed by atoms with E-state index in [1.165, 1.54) is 17.7 Å². The third kappa shape index (κ3) is 4.01. The van der Waals surface area contributed by atoms with Crippen molar-refractivity contribution in [3.63, 3.8) is 0 Å². The minimum atomic E-state index is 0.0540. The molecule has 4 heterocycles. The number of anilines is 1. The Morgan fingerprint density at radius 1 is 1.11 bits per heavy atom. The van der Waals surface area contributed by atoms with Gasteiger partial charge in [-0.2, -0.15) is 5.10 Å². The molecule has 2 aliphatic rings. The van der Waals surface area contributed by atoms with E-state index in [2.05, 4.69) is 20.0 Å². The third-order valence-corrected chi connectivity index (χ3v) is 7.97. The van der Waals surface area contributed by atoms with Gasteiger partial charge in [0.1, 0.15) is 11.8 Å². The number of carbonyl (C=O) groups is 2. The summed E-state index contributed by atoms with van der Waals surface area (Å²) in [6, 6.07) is 10.2. The average molecular weight is 502 g/mol. The first kappa shape index (κ1) is 22.7. The molecule has 184 valence electrons. The maximum atomic E-state index is 13.8. The fraction of sp³-hybridized carbons (Fsp3) is 0.346. The van der Waals surface area contributed by atoms with E-state index < -0.39 is 0 Å². The number of fused-ring (bicyclic) bond motifs is 1. The summed E-state index contributed by atoms with van der Waals surface area (Å²) < 4.78 is 1.79. The van der Waals surface area contributed by atoms with Gasteiger partial charge in [0.25, 0.3) is 5.91 Å². The smallest absolute Gasteiger partial charge is 0.254 e. The zero-order valence-electron chi connectivity index (χ0n) is 20.0. The van der Waals surface area contributed by atoms with Crippen molar-refractivity contribution >= 4 is 34.5 Å². The van der Waals surface area contributed by atoms with Crippen molar-refractivity contribution in [2.45, 2.75) is 44.7 Å². The lowest BCUT2D eigenvalue weighted by Gasteiger charge is -2.38. The largest absolute Gasteiger partial charge is 0.382 e. The van der Waals surface area contributed by atoms with Crippen LogP contribution in [0.4, 0.5) is 5.82 Å². The molecule has 2 N–H and O–H groups in total. The van der Waals surface area contributed by atoms with Crippen molar-refractivity contribution < 1.29 is 9.59 Å². The first-order valence-corrected chi connectivity index (χ1v) is 13.1. The number of piperidine rings is 1. The van der Waals surface area contributed by atoms with Gasteiger partial charge < -0.3 is 15.5 Å². The predicted octanol–water partition coefficient (Wildman–Crippen LogP) is 3.72. The van der Waals surface area contributed by atoms with Crippen molar-refractivity contribution in [1.82, 2.24) is 29.4 Å². The lowest BCUT2D eigenvalue weighted by molar-refractivity contribution is -0.130. The van der Waals surface area contributed by atoms with Crippen LogP contribution in [0.15, 0.2) is 48.4 Å². The van der Waals surface area contributed by atoms with Gasteiger partial charge >= 0.3 is 0 Å². The second-order valence-electron chi connectivity index (χ2n) is 9.48. The zero-order chi connectivity index (χ0) is 24.8. The standard InChI is InChI=1S/C26H27N7O2S/c1-16(34)31-9-7-20(8-10-31)32(19-5-6-19)26(35)18-4-2-3-17(11-18)22-12-21(23-13-28-15-36-23)24-25(27)29-14-30-33(22)24/h2-4,11-15,19-20H,5-10H2,1H3,(H2,27,29,30). The summed E-state index contributed by atoms with van der Waals surface area (Å²) >= 11 is 1.53. The minimum Gasteiger partial charge on any atom is -0.382 e. The lowest BCUT2D eigenvalue weighted by Crippen LogP contribution is -2.49. The van der Waals surface area contributed by atoms with Crippen molar-refractivity contribution in [3.05, 3.63) is 53.9 Å². The quantitative estimate of drug-likeness (QED) is 0.446. The van der Waals surface area contributed by atoms with Gasteiger partial charge in [-0.3, -0.25) is 14.6 Å². The second kappa shape index (κ2) is 9.02. The van der Waals surface area contributed by atoms with Gasteiger partial charge in [-0.1, -0.05) is 12.1 Å². The van der Waals surface area contributed by atoms with Crippen LogP contribution < -0.4 is 5.73 Å². The van der Waals surface area contributed by atoms with Crippen molar-refractivity contribution in [2.24, 2.45) is 0 Å². The van der Waals surface area contributed by atoms with E-state index in [0.29, 0.717) is 24.5 Å². The molecule has 3 aromatic heterocycles. The van der Waals surface area contributed by atoms with Crippen LogP contribution in [-0.2, 0) is 4.79 Å². The van der Waals surface area contributed by atoms with Gasteiger partial charge in [0.15, 0.2) is 5.82 Å². The molecular weight excluding hydrogens is 474 g/mol. The summed E-state index contributed by atoms with van der Waals surface area (Å²) in [5, 5.41) is 4.47. The minimum absolute atomic E-state index is 0.0540. The van der Waals surface area contributed by atoms with Crippen molar-refractivity contribution in [1.29, 1.82) is 0 Å². The molecule has 36 heavy (non-hydrogen) atoms. The molecule has 6 rings (SSSR count). The Morgan fingerprint density at radius 2 is 1.89 bits per heavy atom. The van der Waals surface area contributed by atoms with Crippen LogP contribution in [0.5, 0.6) is 0 Å². The highest BCUT2D eigenvalue weighted by atomic mass is 32.1. The van der Waals surface area contributed by atoms with Gasteiger partial charge in [0.2, 0.25) is 5.91 Å². The average Bonchev–Trinajstić information content (AvgIpc) is 3.41. The molecule has 2 amide bonds. The predicted molar refractivity (Wildman–Crippen MR) is 138 cm³/mol. The van der Waals surface area contributed by atoms with Gasteiger partial charge in [0, 0.05) is 55.0 Å². The highest BCUT2D eigenvalue weighted by Crippen LogP contribution is 2.37. The SMILES string of the molecule is CC(=O)N1CCC(N(C(=O)c2cccc(-c3cc(-c4cncs4)c4c(N)ncnn34)c2)C2CC2)CC1. The Hall–Kier alpha value is -3.79. The van der Waals surface area contributed by atoms with E-state index in [1.54, 1.807) is 23.1 Å². The van der Waals surface area contributed by atoms with E-state index in [9.17, 15) is 9.59 Å². The van der Waals surface area contributed by atoms with Gasteiger partial charge in [-0.05, 0) is 43.9 Å². The van der Waals surface area contributed by atoms with Crippen LogP contribution in [-0.4, -0.2) is 66.4 Å². The molecule has 0 unspecified atom stereocenters. The first-order valence-electron chi connectivity index (χ1n) is 12.2. The maximum absolute atomic E-state index is 13.8. The monoisotopic (exact) mass is 501 g/mol. The molecule has 0 atom stereocenters. The fourth-order valence-electron chi connectivity index (χ4n) is 5.21. The van der Waals surface area contributed by atoms with E-state index in [4.69, 9.17) is 5.73 Å². The number of benzene rings is 1. The number of aromatic nitrogens is 4. The normalized spacial score (nSPS) is 16.4. The van der Waals surface area contributed by atoms with Crippen LogP contribution in [0.2, 0.25) is 0 Å². The van der Waals surface area contributed by atoms with E-state index in [-0.39, 0.29) is 23.9 Å². The number of nitrogens with two attached hydrogens (primary N) is 1. The van der Waals surface area contributed by atoms with Crippen molar-refractivity contribution in [2.75, 3.05) is 18.8 Å². The van der Waals surface area contributed by atoms with Gasteiger partial charge in [-0.25, -0.2) is 9.50 Å². The molecule has 1 aliphatic carbocycles. The summed E-state index contributed by atoms with van der Waals surface area (Å²) in [5.74, 6) is 0.550. The van der Waals surface area contributed by atoms with E-state index in [1.807, 2.05) is 35.2 Å². The van der Waals surface area contributed by atoms with Crippen LogP contribution in [0.1, 0.15) is 43.0 Å². The Labute approximate surface area is 212 Å². The molecule has 9 nitrogen and oxygen atoms in total. The fourth-order valence-corrected chi connectivity index (χ4v) is 5.85. The highest BCUT2D eigenvalue weighted by Gasteiger charge is 2.39. The van der Waals surface area contributed by atoms with Crippen LogP contribution in [0, 0.1) is 0 Å². The molecule has 2 fully saturated rings. The van der Waals surface area contributed by atoms with Gasteiger partial charge in [-0.15, -0.1) is 11.3 Å². The lowest BCUT2D eigenvalue weighted by atomic mass is 10.0. The van der Waals surface area contributed by atoms with E-state index in [0.717, 1.165) is 52.9 Å². The summed E-state index contributed by atoms with van der Waals surface area (Å²) in [5.41, 5.74) is 12.1. The molecule has 1 saturated heterocycles. The number of hydrogen-bond donors (Lipinski definition) is 1. The van der Waals surface area contributed by atoms with E-state index >= 15 is 0 Å². The zero-order valence-corrected chi connectivity index (χ0v) is 20.8. The van der Waals surface area contributed by atoms with Crippen LogP contribution >= 0.6 is 11.3 Å². The number of hydrogen-bond acceptors (Lipinski definition) is 7. The Kier molecular flexibility index (Phi) is 5.67. The van der Waals surface area contributed by atoms with Crippen LogP contribution in [0.3, 0.4) is 0 Å². The Morgan fingerprint density at radius 3 is 2.58 bits per heavy atom. The maximum Gasteiger partial charge on any atom is 0.254 e. The topological polar surface area (TPSA) is 110 Å². The molecule has 0 radical (unpaired) electrons. The summed E-state index contributed by atoms with van der Waals surface area (Å²) in [6.45, 7) is 3.02. The molecule has 4 aromatic rings. The first-order chi connectivity index (χ1) is 17.5. The number of likely N-dealkylation sites (tertiary alicyclic amines) is 1. The molecule has 0 bridgehead atoms. The number of rotatable bonds is 5. The molecule has 1 aliphatic heterocycles.